The molecule has 0 saturated carbocycles. The highest BCUT2D eigenvalue weighted by atomic mass is 16.5. The highest BCUT2D eigenvalue weighted by molar-refractivity contribution is 5.00. The van der Waals surface area contributed by atoms with E-state index in [0.29, 0.717) is 6.10 Å². The molecule has 1 aliphatic heterocycles. The first kappa shape index (κ1) is 13.7. The molecule has 0 aromatic rings. The number of hydrogen-bond acceptors (Lipinski definition) is 3. The molecule has 1 fully saturated rings. The van der Waals surface area contributed by atoms with Crippen LogP contribution in [0.25, 0.3) is 0 Å². The van der Waals surface area contributed by atoms with E-state index in [4.69, 9.17) is 4.74 Å². The molecular formula is C13H26N2O. The second-order valence-corrected chi connectivity index (χ2v) is 4.56. The van der Waals surface area contributed by atoms with Crippen LogP contribution in [0.15, 0.2) is 12.2 Å². The summed E-state index contributed by atoms with van der Waals surface area (Å²) in [4.78, 5) is 2.45. The highest BCUT2D eigenvalue weighted by Crippen LogP contribution is 2.09. The maximum absolute atomic E-state index is 5.65. The van der Waals surface area contributed by atoms with Crippen LogP contribution in [0.1, 0.15) is 26.7 Å². The van der Waals surface area contributed by atoms with Crippen LogP contribution in [-0.4, -0.2) is 50.3 Å². The van der Waals surface area contributed by atoms with Crippen molar-refractivity contribution in [3.8, 4) is 0 Å². The van der Waals surface area contributed by atoms with E-state index in [1.165, 1.54) is 12.0 Å². The van der Waals surface area contributed by atoms with Gasteiger partial charge in [-0.3, -0.25) is 4.90 Å². The van der Waals surface area contributed by atoms with E-state index in [-0.39, 0.29) is 0 Å². The second kappa shape index (κ2) is 7.82. The van der Waals surface area contributed by atoms with Crippen LogP contribution in [0.4, 0.5) is 0 Å². The Morgan fingerprint density at radius 1 is 1.50 bits per heavy atom. The largest absolute Gasteiger partial charge is 0.376 e. The van der Waals surface area contributed by atoms with E-state index < -0.39 is 0 Å². The molecule has 0 spiro atoms. The Labute approximate surface area is 99.8 Å². The number of rotatable bonds is 7. The minimum Gasteiger partial charge on any atom is -0.376 e. The SMILES string of the molecule is C=C(CNCCC)CN1CCOC(CC)C1. The lowest BCUT2D eigenvalue weighted by Gasteiger charge is -2.32. The molecule has 94 valence electrons. The molecule has 3 nitrogen and oxygen atoms in total. The third kappa shape index (κ3) is 5.10. The van der Waals surface area contributed by atoms with Crippen molar-refractivity contribution in [2.75, 3.05) is 39.3 Å². The third-order valence-corrected chi connectivity index (χ3v) is 2.93. The third-order valence-electron chi connectivity index (χ3n) is 2.93. The fourth-order valence-corrected chi connectivity index (χ4v) is 1.99. The smallest absolute Gasteiger partial charge is 0.0700 e. The van der Waals surface area contributed by atoms with Crippen LogP contribution in [-0.2, 0) is 4.74 Å². The molecule has 0 aromatic carbocycles. The first-order valence-electron chi connectivity index (χ1n) is 6.47. The van der Waals surface area contributed by atoms with Crippen LogP contribution in [0.3, 0.4) is 0 Å². The zero-order chi connectivity index (χ0) is 11.8. The van der Waals surface area contributed by atoms with Gasteiger partial charge in [-0.2, -0.15) is 0 Å². The van der Waals surface area contributed by atoms with Gasteiger partial charge in [0.2, 0.25) is 0 Å². The Hall–Kier alpha value is -0.380. The lowest BCUT2D eigenvalue weighted by molar-refractivity contribution is -0.0265. The molecular weight excluding hydrogens is 200 g/mol. The highest BCUT2D eigenvalue weighted by Gasteiger charge is 2.18. The minimum absolute atomic E-state index is 0.421. The van der Waals surface area contributed by atoms with E-state index in [9.17, 15) is 0 Å². The summed E-state index contributed by atoms with van der Waals surface area (Å²) in [6, 6.07) is 0. The topological polar surface area (TPSA) is 24.5 Å². The fourth-order valence-electron chi connectivity index (χ4n) is 1.99. The van der Waals surface area contributed by atoms with Crippen LogP contribution in [0.2, 0.25) is 0 Å². The number of ether oxygens (including phenoxy) is 1. The van der Waals surface area contributed by atoms with Crippen molar-refractivity contribution in [3.05, 3.63) is 12.2 Å². The maximum Gasteiger partial charge on any atom is 0.0700 e. The zero-order valence-electron chi connectivity index (χ0n) is 10.8. The molecule has 1 atom stereocenters. The van der Waals surface area contributed by atoms with Gasteiger partial charge >= 0.3 is 0 Å². The van der Waals surface area contributed by atoms with Gasteiger partial charge in [-0.15, -0.1) is 0 Å². The van der Waals surface area contributed by atoms with Crippen molar-refractivity contribution in [1.82, 2.24) is 10.2 Å². The molecule has 1 aliphatic rings. The Morgan fingerprint density at radius 2 is 2.31 bits per heavy atom. The molecule has 0 amide bonds. The van der Waals surface area contributed by atoms with E-state index >= 15 is 0 Å². The van der Waals surface area contributed by atoms with Crippen molar-refractivity contribution in [2.24, 2.45) is 0 Å². The molecule has 1 unspecified atom stereocenters. The van der Waals surface area contributed by atoms with E-state index in [2.05, 4.69) is 30.6 Å². The normalized spacial score (nSPS) is 22.2. The van der Waals surface area contributed by atoms with Crippen LogP contribution >= 0.6 is 0 Å². The number of hydrogen-bond donors (Lipinski definition) is 1. The summed E-state index contributed by atoms with van der Waals surface area (Å²) in [5.41, 5.74) is 1.28. The minimum atomic E-state index is 0.421. The molecule has 3 heteroatoms. The summed E-state index contributed by atoms with van der Waals surface area (Å²) >= 11 is 0. The van der Waals surface area contributed by atoms with Crippen molar-refractivity contribution in [3.63, 3.8) is 0 Å². The van der Waals surface area contributed by atoms with Gasteiger partial charge < -0.3 is 10.1 Å². The summed E-state index contributed by atoms with van der Waals surface area (Å²) in [5.74, 6) is 0. The molecule has 1 heterocycles. The Bertz CT molecular complexity index is 206. The first-order chi connectivity index (χ1) is 7.76. The van der Waals surface area contributed by atoms with E-state index in [1.54, 1.807) is 0 Å². The lowest BCUT2D eigenvalue weighted by Crippen LogP contribution is -2.43. The number of nitrogens with zero attached hydrogens (tertiary/aromatic N) is 1. The van der Waals surface area contributed by atoms with Gasteiger partial charge in [0.15, 0.2) is 0 Å². The van der Waals surface area contributed by atoms with Gasteiger partial charge in [0.1, 0.15) is 0 Å². The van der Waals surface area contributed by atoms with Crippen molar-refractivity contribution >= 4 is 0 Å². The molecule has 16 heavy (non-hydrogen) atoms. The van der Waals surface area contributed by atoms with Gasteiger partial charge in [0.05, 0.1) is 12.7 Å². The summed E-state index contributed by atoms with van der Waals surface area (Å²) in [7, 11) is 0. The summed E-state index contributed by atoms with van der Waals surface area (Å²) in [5, 5.41) is 3.39. The fraction of sp³-hybridized carbons (Fsp3) is 0.846. The Morgan fingerprint density at radius 3 is 3.00 bits per heavy atom. The molecule has 0 aliphatic carbocycles. The molecule has 1 N–H and O–H groups in total. The second-order valence-electron chi connectivity index (χ2n) is 4.56. The molecule has 0 radical (unpaired) electrons. The predicted molar refractivity (Wildman–Crippen MR) is 68.8 cm³/mol. The van der Waals surface area contributed by atoms with E-state index in [1.807, 2.05) is 0 Å². The van der Waals surface area contributed by atoms with Gasteiger partial charge in [-0.05, 0) is 25.0 Å². The summed E-state index contributed by atoms with van der Waals surface area (Å²) in [6.07, 6.45) is 2.71. The van der Waals surface area contributed by atoms with Gasteiger partial charge in [0, 0.05) is 26.2 Å². The number of nitrogens with one attached hydrogen (secondary N) is 1. The average Bonchev–Trinajstić information content (AvgIpc) is 2.29. The van der Waals surface area contributed by atoms with E-state index in [0.717, 1.165) is 45.8 Å². The van der Waals surface area contributed by atoms with Gasteiger partial charge in [0.25, 0.3) is 0 Å². The Balaban J connectivity index is 2.17. The van der Waals surface area contributed by atoms with Crippen molar-refractivity contribution in [1.29, 1.82) is 0 Å². The molecule has 0 bridgehead atoms. The summed E-state index contributed by atoms with van der Waals surface area (Å²) in [6.45, 7) is 14.5. The molecule has 1 saturated heterocycles. The van der Waals surface area contributed by atoms with Crippen LogP contribution in [0, 0.1) is 0 Å². The molecule has 0 aromatic heterocycles. The first-order valence-corrected chi connectivity index (χ1v) is 6.47. The number of morpholine rings is 1. The van der Waals surface area contributed by atoms with Gasteiger partial charge in [-0.25, -0.2) is 0 Å². The molecule has 1 rings (SSSR count). The van der Waals surface area contributed by atoms with Crippen LogP contribution < -0.4 is 5.32 Å². The maximum atomic E-state index is 5.65. The Kier molecular flexibility index (Phi) is 6.69. The van der Waals surface area contributed by atoms with Crippen LogP contribution in [0.5, 0.6) is 0 Å². The quantitative estimate of drug-likeness (QED) is 0.528. The summed E-state index contributed by atoms with van der Waals surface area (Å²) < 4.78 is 5.65. The van der Waals surface area contributed by atoms with Crippen molar-refractivity contribution in [2.45, 2.75) is 32.8 Å². The van der Waals surface area contributed by atoms with Crippen molar-refractivity contribution < 1.29 is 4.74 Å². The monoisotopic (exact) mass is 226 g/mol. The van der Waals surface area contributed by atoms with Gasteiger partial charge in [-0.1, -0.05) is 20.4 Å². The lowest BCUT2D eigenvalue weighted by atomic mass is 10.2. The standard InChI is InChI=1S/C13H26N2O/c1-4-6-14-9-12(3)10-15-7-8-16-13(5-2)11-15/h13-14H,3-11H2,1-2H3. The average molecular weight is 226 g/mol. The predicted octanol–water partition coefficient (Wildman–Crippen LogP) is 1.65. The zero-order valence-corrected chi connectivity index (χ0v) is 10.8.